The maximum atomic E-state index is 11.6. The lowest BCUT2D eigenvalue weighted by atomic mass is 10.2. The number of nitrogens with zero attached hydrogens (tertiary/aromatic N) is 5. The van der Waals surface area contributed by atoms with Crippen LogP contribution in [0.4, 0.5) is 11.6 Å². The van der Waals surface area contributed by atoms with Crippen LogP contribution in [0.5, 0.6) is 11.5 Å². The molecule has 0 radical (unpaired) electrons. The Morgan fingerprint density at radius 3 is 2.88 bits per heavy atom. The van der Waals surface area contributed by atoms with Crippen LogP contribution in [-0.2, 0) is 4.79 Å². The van der Waals surface area contributed by atoms with Crippen LogP contribution in [0.3, 0.4) is 0 Å². The van der Waals surface area contributed by atoms with Gasteiger partial charge >= 0.3 is 0 Å². The van der Waals surface area contributed by atoms with Crippen molar-refractivity contribution in [2.24, 2.45) is 0 Å². The van der Waals surface area contributed by atoms with E-state index in [9.17, 15) is 4.79 Å². The number of nitrogens with one attached hydrogen (secondary N) is 1. The molecule has 5 rings (SSSR count). The molecule has 4 heterocycles. The Balaban J connectivity index is 1.37. The lowest BCUT2D eigenvalue weighted by Gasteiger charge is -2.17. The molecule has 34 heavy (non-hydrogen) atoms. The molecule has 4 aromatic rings. The predicted octanol–water partition coefficient (Wildman–Crippen LogP) is 4.20. The van der Waals surface area contributed by atoms with Gasteiger partial charge in [-0.2, -0.15) is 0 Å². The molecule has 1 atom stereocenters. The second-order valence-electron chi connectivity index (χ2n) is 7.94. The minimum absolute atomic E-state index is 0.0416. The van der Waals surface area contributed by atoms with E-state index >= 15 is 0 Å². The number of carbonyl (C=O) groups is 1. The minimum Gasteiger partial charge on any atom is -0.494 e. The second-order valence-corrected chi connectivity index (χ2v) is 8.35. The number of fused-ring (bicyclic) bond motifs is 1. The number of anilines is 2. The van der Waals surface area contributed by atoms with Crippen molar-refractivity contribution in [2.45, 2.75) is 19.4 Å². The third-order valence-corrected chi connectivity index (χ3v) is 5.99. The molecule has 10 heteroatoms. The Morgan fingerprint density at radius 1 is 1.21 bits per heavy atom. The van der Waals surface area contributed by atoms with E-state index in [0.717, 1.165) is 17.8 Å². The van der Waals surface area contributed by atoms with Gasteiger partial charge in [0.1, 0.15) is 28.9 Å². The van der Waals surface area contributed by atoms with E-state index in [1.165, 1.54) is 0 Å². The maximum absolute atomic E-state index is 11.6. The highest BCUT2D eigenvalue weighted by molar-refractivity contribution is 6.32. The maximum Gasteiger partial charge on any atom is 0.227 e. The zero-order valence-electron chi connectivity index (χ0n) is 18.7. The summed E-state index contributed by atoms with van der Waals surface area (Å²) in [7, 11) is 1.59. The van der Waals surface area contributed by atoms with Gasteiger partial charge in [0.05, 0.1) is 42.5 Å². The molecular formula is C24H23ClN6O3. The van der Waals surface area contributed by atoms with Gasteiger partial charge in [-0.05, 0) is 24.3 Å². The van der Waals surface area contributed by atoms with E-state index in [1.807, 2.05) is 40.9 Å². The van der Waals surface area contributed by atoms with Crippen LogP contribution in [0.2, 0.25) is 5.02 Å². The quantitative estimate of drug-likeness (QED) is 0.444. The number of methoxy groups -OCH3 is 1. The number of pyridine rings is 1. The molecule has 9 nitrogen and oxygen atoms in total. The van der Waals surface area contributed by atoms with Crippen molar-refractivity contribution < 1.29 is 14.3 Å². The number of halogens is 1. The summed E-state index contributed by atoms with van der Waals surface area (Å²) in [6.45, 7) is 2.87. The van der Waals surface area contributed by atoms with Crippen molar-refractivity contribution >= 4 is 34.8 Å². The van der Waals surface area contributed by atoms with Crippen LogP contribution in [0, 0.1) is 0 Å². The highest BCUT2D eigenvalue weighted by Crippen LogP contribution is 2.33. The molecule has 0 bridgehead atoms. The zero-order valence-corrected chi connectivity index (χ0v) is 19.5. The third-order valence-electron chi connectivity index (χ3n) is 5.72. The van der Waals surface area contributed by atoms with Gasteiger partial charge in [-0.1, -0.05) is 17.7 Å². The Labute approximate surface area is 201 Å². The topological polar surface area (TPSA) is 93.9 Å². The summed E-state index contributed by atoms with van der Waals surface area (Å²) in [4.78, 5) is 26.7. The minimum atomic E-state index is -0.0416. The summed E-state index contributed by atoms with van der Waals surface area (Å²) in [5.74, 6) is 1.68. The first kappa shape index (κ1) is 22.0. The van der Waals surface area contributed by atoms with Crippen molar-refractivity contribution in [1.29, 1.82) is 0 Å². The SMILES string of the molecule is COc1cc(O[C@@H]2CCN(C(C)=O)C2)ccc1Nc1ncc(Cl)c(-c2cnc3ccccn23)n1. The largest absolute Gasteiger partial charge is 0.494 e. The number of rotatable bonds is 6. The van der Waals surface area contributed by atoms with Gasteiger partial charge in [0.25, 0.3) is 0 Å². The number of aromatic nitrogens is 4. The summed E-state index contributed by atoms with van der Waals surface area (Å²) >= 11 is 6.42. The predicted molar refractivity (Wildman–Crippen MR) is 129 cm³/mol. The number of hydrogen-bond acceptors (Lipinski definition) is 7. The standard InChI is InChI=1S/C24H23ClN6O3/c1-15(32)30-10-8-17(14-30)34-16-6-7-19(21(11-16)33-2)28-24-27-12-18(25)23(29-24)20-13-26-22-5-3-4-9-31(20)22/h3-7,9,11-13,17H,8,10,14H2,1-2H3,(H,27,28,29)/t17-/m1/s1. The van der Waals surface area contributed by atoms with Crippen LogP contribution in [0.1, 0.15) is 13.3 Å². The molecule has 1 aromatic carbocycles. The Bertz CT molecular complexity index is 1360. The molecule has 1 N–H and O–H groups in total. The van der Waals surface area contributed by atoms with E-state index in [0.29, 0.717) is 46.9 Å². The van der Waals surface area contributed by atoms with Gasteiger partial charge in [-0.3, -0.25) is 9.20 Å². The van der Waals surface area contributed by atoms with Crippen molar-refractivity contribution in [3.8, 4) is 22.9 Å². The van der Waals surface area contributed by atoms with Crippen LogP contribution in [-0.4, -0.2) is 56.5 Å². The molecule has 0 unspecified atom stereocenters. The third kappa shape index (κ3) is 4.34. The lowest BCUT2D eigenvalue weighted by Crippen LogP contribution is -2.28. The first-order chi connectivity index (χ1) is 16.5. The molecule has 0 spiro atoms. The van der Waals surface area contributed by atoms with E-state index < -0.39 is 0 Å². The van der Waals surface area contributed by atoms with Crippen LogP contribution in [0.15, 0.2) is 55.0 Å². The number of amides is 1. The normalized spacial score (nSPS) is 15.5. The molecule has 1 amide bonds. The molecular weight excluding hydrogens is 456 g/mol. The number of hydrogen-bond donors (Lipinski definition) is 1. The molecule has 174 valence electrons. The number of imidazole rings is 1. The summed E-state index contributed by atoms with van der Waals surface area (Å²) in [6.07, 6.45) is 5.95. The number of ether oxygens (including phenoxy) is 2. The second kappa shape index (κ2) is 9.18. The monoisotopic (exact) mass is 478 g/mol. The van der Waals surface area contributed by atoms with Crippen molar-refractivity contribution in [2.75, 3.05) is 25.5 Å². The molecule has 1 saturated heterocycles. The highest BCUT2D eigenvalue weighted by Gasteiger charge is 2.25. The fourth-order valence-electron chi connectivity index (χ4n) is 3.99. The fraction of sp³-hybridized carbons (Fsp3) is 0.250. The molecule has 3 aromatic heterocycles. The summed E-state index contributed by atoms with van der Waals surface area (Å²) in [5.41, 5.74) is 2.80. The Morgan fingerprint density at radius 2 is 2.09 bits per heavy atom. The van der Waals surface area contributed by atoms with Gasteiger partial charge < -0.3 is 19.7 Å². The van der Waals surface area contributed by atoms with Gasteiger partial charge in [0.2, 0.25) is 11.9 Å². The molecule has 1 aliphatic heterocycles. The summed E-state index contributed by atoms with van der Waals surface area (Å²) in [6, 6.07) is 11.3. The average Bonchev–Trinajstić information content (AvgIpc) is 3.49. The van der Waals surface area contributed by atoms with Crippen LogP contribution >= 0.6 is 11.6 Å². The van der Waals surface area contributed by atoms with Gasteiger partial charge in [0, 0.05) is 32.2 Å². The summed E-state index contributed by atoms with van der Waals surface area (Å²) in [5, 5.41) is 3.62. The Kier molecular flexibility index (Phi) is 5.93. The molecule has 0 saturated carbocycles. The van der Waals surface area contributed by atoms with E-state index in [-0.39, 0.29) is 12.0 Å². The zero-order chi connectivity index (χ0) is 23.7. The van der Waals surface area contributed by atoms with Crippen LogP contribution in [0.25, 0.3) is 17.0 Å². The lowest BCUT2D eigenvalue weighted by molar-refractivity contribution is -0.128. The number of likely N-dealkylation sites (tertiary alicyclic amines) is 1. The van der Waals surface area contributed by atoms with E-state index in [2.05, 4.69) is 20.3 Å². The first-order valence-corrected chi connectivity index (χ1v) is 11.2. The Hall–Kier alpha value is -3.85. The number of benzene rings is 1. The van der Waals surface area contributed by atoms with Crippen molar-refractivity contribution in [3.05, 3.63) is 60.0 Å². The van der Waals surface area contributed by atoms with Crippen molar-refractivity contribution in [1.82, 2.24) is 24.3 Å². The molecule has 1 aliphatic rings. The fourth-order valence-corrected chi connectivity index (χ4v) is 4.17. The summed E-state index contributed by atoms with van der Waals surface area (Å²) < 4.78 is 13.5. The molecule has 0 aliphatic carbocycles. The average molecular weight is 479 g/mol. The smallest absolute Gasteiger partial charge is 0.227 e. The van der Waals surface area contributed by atoms with E-state index in [1.54, 1.807) is 37.4 Å². The first-order valence-electron chi connectivity index (χ1n) is 10.8. The van der Waals surface area contributed by atoms with Gasteiger partial charge in [-0.25, -0.2) is 15.0 Å². The van der Waals surface area contributed by atoms with E-state index in [4.69, 9.17) is 21.1 Å². The van der Waals surface area contributed by atoms with Gasteiger partial charge in [-0.15, -0.1) is 0 Å². The van der Waals surface area contributed by atoms with Crippen LogP contribution < -0.4 is 14.8 Å². The highest BCUT2D eigenvalue weighted by atomic mass is 35.5. The number of carbonyl (C=O) groups excluding carboxylic acids is 1. The van der Waals surface area contributed by atoms with Crippen molar-refractivity contribution in [3.63, 3.8) is 0 Å². The van der Waals surface area contributed by atoms with Gasteiger partial charge in [0.15, 0.2) is 0 Å². The molecule has 1 fully saturated rings.